The van der Waals surface area contributed by atoms with E-state index < -0.39 is 0 Å². The molecule has 30 heavy (non-hydrogen) atoms. The third-order valence-corrected chi connectivity index (χ3v) is 5.19. The van der Waals surface area contributed by atoms with E-state index in [0.29, 0.717) is 36.7 Å². The van der Waals surface area contributed by atoms with E-state index in [0.717, 1.165) is 24.6 Å². The van der Waals surface area contributed by atoms with Gasteiger partial charge in [0.15, 0.2) is 17.3 Å². The Morgan fingerprint density at radius 2 is 1.73 bits per heavy atom. The average molecular weight is 408 g/mol. The molecule has 1 fully saturated rings. The van der Waals surface area contributed by atoms with Crippen LogP contribution in [-0.2, 0) is 6.54 Å². The molecule has 2 heterocycles. The normalized spacial score (nSPS) is 14.5. The Balaban J connectivity index is 1.41. The molecule has 0 bridgehead atoms. The van der Waals surface area contributed by atoms with E-state index in [4.69, 9.17) is 9.47 Å². The maximum Gasteiger partial charge on any atom is 0.257 e. The predicted molar refractivity (Wildman–Crippen MR) is 110 cm³/mol. The van der Waals surface area contributed by atoms with Gasteiger partial charge < -0.3 is 14.4 Å². The lowest BCUT2D eigenvalue weighted by Gasteiger charge is -2.34. The number of tetrazole rings is 1. The summed E-state index contributed by atoms with van der Waals surface area (Å²) in [6, 6.07) is 15.2. The summed E-state index contributed by atoms with van der Waals surface area (Å²) in [5.41, 5.74) is 1.44. The van der Waals surface area contributed by atoms with Gasteiger partial charge in [0.05, 0.1) is 32.0 Å². The summed E-state index contributed by atoms with van der Waals surface area (Å²) < 4.78 is 12.5. The van der Waals surface area contributed by atoms with Gasteiger partial charge in [0.2, 0.25) is 0 Å². The van der Waals surface area contributed by atoms with Crippen LogP contribution < -0.4 is 9.47 Å². The quantitative estimate of drug-likeness (QED) is 0.613. The first-order valence-corrected chi connectivity index (χ1v) is 9.76. The lowest BCUT2D eigenvalue weighted by Crippen LogP contribution is -2.48. The monoisotopic (exact) mass is 408 g/mol. The summed E-state index contributed by atoms with van der Waals surface area (Å²) in [4.78, 5) is 17.1. The standard InChI is InChI=1S/C21H24N6O3/c1-29-18-10-6-9-17(20(18)30-2)21(28)26-13-11-25(12-14-26)15-19-22-23-24-27(19)16-7-4-3-5-8-16/h3-10H,11-15H2,1-2H3. The molecule has 4 rings (SSSR count). The van der Waals surface area contributed by atoms with Crippen molar-refractivity contribution in [1.82, 2.24) is 30.0 Å². The van der Waals surface area contributed by atoms with Gasteiger partial charge in [0.1, 0.15) is 0 Å². The lowest BCUT2D eigenvalue weighted by atomic mass is 10.1. The zero-order valence-electron chi connectivity index (χ0n) is 17.1. The van der Waals surface area contributed by atoms with Crippen LogP contribution in [0, 0.1) is 0 Å². The van der Waals surface area contributed by atoms with Gasteiger partial charge in [-0.3, -0.25) is 9.69 Å². The first-order valence-electron chi connectivity index (χ1n) is 9.76. The number of hydrogen-bond donors (Lipinski definition) is 0. The molecule has 1 aliphatic rings. The van der Waals surface area contributed by atoms with Crippen LogP contribution in [0.1, 0.15) is 16.2 Å². The molecule has 0 radical (unpaired) electrons. The van der Waals surface area contributed by atoms with Crippen molar-refractivity contribution in [3.8, 4) is 17.2 Å². The number of piperazine rings is 1. The molecule has 0 unspecified atom stereocenters. The van der Waals surface area contributed by atoms with Crippen LogP contribution in [0.25, 0.3) is 5.69 Å². The molecule has 2 aromatic carbocycles. The molecule has 0 atom stereocenters. The van der Waals surface area contributed by atoms with Crippen molar-refractivity contribution in [2.75, 3.05) is 40.4 Å². The highest BCUT2D eigenvalue weighted by Crippen LogP contribution is 2.31. The van der Waals surface area contributed by atoms with Gasteiger partial charge in [-0.05, 0) is 34.7 Å². The van der Waals surface area contributed by atoms with Crippen LogP contribution in [0.4, 0.5) is 0 Å². The minimum absolute atomic E-state index is 0.0560. The highest BCUT2D eigenvalue weighted by atomic mass is 16.5. The summed E-state index contributed by atoms with van der Waals surface area (Å²) in [5.74, 6) is 1.74. The Labute approximate surface area is 174 Å². The number of carbonyl (C=O) groups is 1. The highest BCUT2D eigenvalue weighted by Gasteiger charge is 2.26. The molecular formula is C21H24N6O3. The minimum atomic E-state index is -0.0560. The van der Waals surface area contributed by atoms with Gasteiger partial charge in [-0.1, -0.05) is 24.3 Å². The number of benzene rings is 2. The number of amides is 1. The molecule has 0 saturated carbocycles. The Hall–Kier alpha value is -3.46. The second-order valence-corrected chi connectivity index (χ2v) is 6.95. The number of methoxy groups -OCH3 is 2. The van der Waals surface area contributed by atoms with Crippen molar-refractivity contribution >= 4 is 5.91 Å². The fourth-order valence-corrected chi connectivity index (χ4v) is 3.61. The molecule has 9 nitrogen and oxygen atoms in total. The van der Waals surface area contributed by atoms with Crippen LogP contribution in [-0.4, -0.2) is 76.3 Å². The third kappa shape index (κ3) is 3.97. The minimum Gasteiger partial charge on any atom is -0.493 e. The second-order valence-electron chi connectivity index (χ2n) is 6.95. The fraction of sp³-hybridized carbons (Fsp3) is 0.333. The van der Waals surface area contributed by atoms with Gasteiger partial charge in [-0.15, -0.1) is 5.10 Å². The van der Waals surface area contributed by atoms with E-state index in [-0.39, 0.29) is 5.91 Å². The topological polar surface area (TPSA) is 85.6 Å². The molecule has 9 heteroatoms. The summed E-state index contributed by atoms with van der Waals surface area (Å²) >= 11 is 0. The summed E-state index contributed by atoms with van der Waals surface area (Å²) in [6.07, 6.45) is 0. The maximum absolute atomic E-state index is 13.0. The first-order chi connectivity index (χ1) is 14.7. The molecule has 1 saturated heterocycles. The first kappa shape index (κ1) is 19.8. The van der Waals surface area contributed by atoms with Crippen molar-refractivity contribution in [3.05, 3.63) is 59.9 Å². The molecule has 1 aromatic heterocycles. The summed E-state index contributed by atoms with van der Waals surface area (Å²) in [7, 11) is 3.11. The van der Waals surface area contributed by atoms with Gasteiger partial charge in [0.25, 0.3) is 5.91 Å². The largest absolute Gasteiger partial charge is 0.493 e. The smallest absolute Gasteiger partial charge is 0.257 e. The number of rotatable bonds is 6. The maximum atomic E-state index is 13.0. The van der Waals surface area contributed by atoms with Gasteiger partial charge in [-0.2, -0.15) is 4.68 Å². The zero-order valence-corrected chi connectivity index (χ0v) is 17.1. The molecule has 0 spiro atoms. The van der Waals surface area contributed by atoms with Crippen molar-refractivity contribution in [2.45, 2.75) is 6.54 Å². The van der Waals surface area contributed by atoms with E-state index in [2.05, 4.69) is 20.4 Å². The van der Waals surface area contributed by atoms with Crippen LogP contribution in [0.5, 0.6) is 11.5 Å². The number of aromatic nitrogens is 4. The van der Waals surface area contributed by atoms with E-state index in [1.807, 2.05) is 35.2 Å². The molecular weight excluding hydrogens is 384 g/mol. The SMILES string of the molecule is COc1cccc(C(=O)N2CCN(Cc3nnnn3-c3ccccc3)CC2)c1OC. The van der Waals surface area contributed by atoms with Gasteiger partial charge in [-0.25, -0.2) is 0 Å². The molecule has 156 valence electrons. The number of nitrogens with zero attached hydrogens (tertiary/aromatic N) is 6. The Kier molecular flexibility index (Phi) is 5.89. The number of hydrogen-bond acceptors (Lipinski definition) is 7. The number of para-hydroxylation sites is 2. The van der Waals surface area contributed by atoms with Gasteiger partial charge >= 0.3 is 0 Å². The average Bonchev–Trinajstić information content (AvgIpc) is 3.27. The number of carbonyl (C=O) groups excluding carboxylic acids is 1. The Bertz CT molecular complexity index is 999. The van der Waals surface area contributed by atoms with Crippen molar-refractivity contribution in [3.63, 3.8) is 0 Å². The van der Waals surface area contributed by atoms with Crippen molar-refractivity contribution in [2.24, 2.45) is 0 Å². The number of ether oxygens (including phenoxy) is 2. The van der Waals surface area contributed by atoms with Crippen LogP contribution in [0.2, 0.25) is 0 Å². The summed E-state index contributed by atoms with van der Waals surface area (Å²) in [5, 5.41) is 12.1. The van der Waals surface area contributed by atoms with E-state index in [1.54, 1.807) is 37.1 Å². The molecule has 1 amide bonds. The van der Waals surface area contributed by atoms with E-state index in [1.165, 1.54) is 0 Å². The molecule has 0 aliphatic carbocycles. The van der Waals surface area contributed by atoms with Crippen molar-refractivity contribution in [1.29, 1.82) is 0 Å². The van der Waals surface area contributed by atoms with Gasteiger partial charge in [0, 0.05) is 26.2 Å². The molecule has 1 aliphatic heterocycles. The molecule has 0 N–H and O–H groups in total. The van der Waals surface area contributed by atoms with Crippen LogP contribution in [0.3, 0.4) is 0 Å². The lowest BCUT2D eigenvalue weighted by molar-refractivity contribution is 0.0620. The summed E-state index contributed by atoms with van der Waals surface area (Å²) in [6.45, 7) is 3.32. The second kappa shape index (κ2) is 8.91. The van der Waals surface area contributed by atoms with Crippen LogP contribution in [0.15, 0.2) is 48.5 Å². The van der Waals surface area contributed by atoms with Crippen molar-refractivity contribution < 1.29 is 14.3 Å². The predicted octanol–water partition coefficient (Wildman–Crippen LogP) is 1.64. The fourth-order valence-electron chi connectivity index (χ4n) is 3.61. The van der Waals surface area contributed by atoms with E-state index >= 15 is 0 Å². The Morgan fingerprint density at radius 1 is 0.967 bits per heavy atom. The Morgan fingerprint density at radius 3 is 2.43 bits per heavy atom. The third-order valence-electron chi connectivity index (χ3n) is 5.19. The molecule has 3 aromatic rings. The van der Waals surface area contributed by atoms with E-state index in [9.17, 15) is 4.79 Å². The van der Waals surface area contributed by atoms with Crippen LogP contribution >= 0.6 is 0 Å². The highest BCUT2D eigenvalue weighted by molar-refractivity contribution is 5.97. The zero-order chi connectivity index (χ0) is 20.9.